The van der Waals surface area contributed by atoms with Crippen LogP contribution in [0.1, 0.15) is 0 Å². The number of benzene rings is 15. The maximum Gasteiger partial charge on any atom is 0.256 e. The molecule has 0 saturated carbocycles. The second-order valence-electron chi connectivity index (χ2n) is 26.2. The molecule has 0 radical (unpaired) electrons. The summed E-state index contributed by atoms with van der Waals surface area (Å²) in [4.78, 5) is 12.7. The van der Waals surface area contributed by atoms with Crippen molar-refractivity contribution in [2.75, 3.05) is 24.5 Å². The Balaban J connectivity index is 0.876. The molecule has 466 valence electrons. The van der Waals surface area contributed by atoms with Gasteiger partial charge in [-0.05, 0) is 154 Å². The summed E-state index contributed by atoms with van der Waals surface area (Å²) in [5.74, 6) is 1.68. The van der Waals surface area contributed by atoms with Gasteiger partial charge in [-0.25, -0.2) is 0 Å². The van der Waals surface area contributed by atoms with E-state index < -0.39 is 0 Å². The lowest BCUT2D eigenvalue weighted by Crippen LogP contribution is -2.64. The van der Waals surface area contributed by atoms with Gasteiger partial charge in [-0.15, -0.1) is 22.7 Å². The van der Waals surface area contributed by atoms with Gasteiger partial charge in [-0.1, -0.05) is 224 Å². The maximum atomic E-state index is 7.50. The van der Waals surface area contributed by atoms with E-state index in [1.165, 1.54) is 62.2 Å². The highest BCUT2D eigenvalue weighted by Gasteiger charge is 2.49. The lowest BCUT2D eigenvalue weighted by atomic mass is 9.30. The summed E-state index contributed by atoms with van der Waals surface area (Å²) in [6, 6.07) is 128. The number of para-hydroxylation sites is 7. The molecular weight excluding hydrogens is 1250 g/mol. The van der Waals surface area contributed by atoms with Crippen LogP contribution >= 0.6 is 22.7 Å². The Morgan fingerprint density at radius 2 is 0.710 bits per heavy atom. The summed E-state index contributed by atoms with van der Waals surface area (Å²) in [5, 5.41) is 5.00. The van der Waals surface area contributed by atoms with Crippen molar-refractivity contribution in [3.8, 4) is 22.6 Å². The third-order valence-corrected chi connectivity index (χ3v) is 23.2. The SMILES string of the molecule is c1ccc(-c2ccccc2N2c3cc4c(cc3B3c5ccccc5Oc5cc(N(c6ccccc6)c6cccc7c6sc6ccccc67)cc2c53)B2c3ccccc3N(c3ccccc3)c3cc(N(c5ccccc5)c5cccc6c5sc5ccccc56)cc(c32)N4c2ccccc2)cc1. The van der Waals surface area contributed by atoms with Crippen LogP contribution in [0.2, 0.25) is 0 Å². The van der Waals surface area contributed by atoms with Gasteiger partial charge in [-0.3, -0.25) is 0 Å². The fraction of sp³-hybridized carbons (Fsp3) is 0. The predicted molar refractivity (Wildman–Crippen MR) is 427 cm³/mol. The van der Waals surface area contributed by atoms with E-state index in [0.717, 1.165) is 119 Å². The fourth-order valence-electron chi connectivity index (χ4n) is 16.7. The standard InChI is InChI=1S/C90H57B2N5OS2/c1-6-28-58(29-7-1)65-38-16-21-45-74(65)97-79-57-78-72(56-73(79)92-71-44-20-23-49-83(71)98-84-55-64(54-82(97)88(84)92)94(60-32-10-3-11-33-60)77-48-27-42-69-67-40-18-25-51-86(67)100-90(69)77)91-70-43-19-22-46-75(70)95(61-34-12-4-13-35-61)80-52-63(53-81(87(80)91)96(78)62-36-14-5-15-37-62)93(59-30-8-2-9-31-59)76-47-26-41-68-66-39-17-24-50-85(66)99-89(68)76/h1-57H. The fourth-order valence-corrected chi connectivity index (χ4v) is 19.1. The quantitative estimate of drug-likeness (QED) is 0.127. The molecule has 17 aromatic rings. The molecule has 21 rings (SSSR count). The largest absolute Gasteiger partial charge is 0.458 e. The van der Waals surface area contributed by atoms with Crippen molar-refractivity contribution in [1.82, 2.24) is 0 Å². The Morgan fingerprint density at radius 3 is 1.31 bits per heavy atom. The van der Waals surface area contributed by atoms with Gasteiger partial charge in [0.15, 0.2) is 0 Å². The molecule has 6 heterocycles. The second kappa shape index (κ2) is 22.6. The Hall–Kier alpha value is -12.3. The highest BCUT2D eigenvalue weighted by atomic mass is 32.1. The minimum atomic E-state index is -0.232. The molecule has 0 spiro atoms. The lowest BCUT2D eigenvalue weighted by molar-refractivity contribution is 0.487. The minimum absolute atomic E-state index is 0.203. The van der Waals surface area contributed by atoms with E-state index in [0.29, 0.717) is 0 Å². The average molecular weight is 1310 g/mol. The minimum Gasteiger partial charge on any atom is -0.458 e. The zero-order chi connectivity index (χ0) is 65.5. The van der Waals surface area contributed by atoms with Crippen LogP contribution < -0.4 is 62.0 Å². The van der Waals surface area contributed by atoms with Gasteiger partial charge in [0.2, 0.25) is 0 Å². The summed E-state index contributed by atoms with van der Waals surface area (Å²) in [7, 11) is 0. The Morgan fingerprint density at radius 1 is 0.270 bits per heavy atom. The molecular formula is C90H57B2N5OS2. The Bertz CT molecular complexity index is 6150. The molecule has 10 heteroatoms. The lowest BCUT2D eigenvalue weighted by Gasteiger charge is -2.47. The van der Waals surface area contributed by atoms with E-state index in [9.17, 15) is 0 Å². The van der Waals surface area contributed by atoms with Crippen molar-refractivity contribution in [2.24, 2.45) is 0 Å². The molecule has 0 aliphatic carbocycles. The number of hydrogen-bond donors (Lipinski definition) is 0. The van der Waals surface area contributed by atoms with E-state index in [1.807, 2.05) is 22.7 Å². The average Bonchev–Trinajstić information content (AvgIpc) is 0.839. The Labute approximate surface area is 588 Å². The first-order chi connectivity index (χ1) is 49.6. The van der Waals surface area contributed by atoms with Crippen LogP contribution in [-0.4, -0.2) is 13.4 Å². The molecule has 4 aliphatic rings. The Kier molecular flexibility index (Phi) is 12.9. The molecule has 0 N–H and O–H groups in total. The van der Waals surface area contributed by atoms with Crippen LogP contribution in [-0.2, 0) is 0 Å². The van der Waals surface area contributed by atoms with Crippen molar-refractivity contribution in [2.45, 2.75) is 0 Å². The van der Waals surface area contributed by atoms with Crippen molar-refractivity contribution in [3.63, 3.8) is 0 Å². The molecule has 0 bridgehead atoms. The first kappa shape index (κ1) is 56.8. The second-order valence-corrected chi connectivity index (χ2v) is 28.3. The molecule has 0 fully saturated rings. The molecule has 0 atom stereocenters. The van der Waals surface area contributed by atoms with E-state index in [1.54, 1.807) is 0 Å². The maximum absolute atomic E-state index is 7.50. The third-order valence-electron chi connectivity index (χ3n) is 20.8. The number of ether oxygens (including phenoxy) is 1. The molecule has 100 heavy (non-hydrogen) atoms. The van der Waals surface area contributed by atoms with Crippen molar-refractivity contribution < 1.29 is 4.74 Å². The van der Waals surface area contributed by atoms with Gasteiger partial charge in [0.25, 0.3) is 13.4 Å². The molecule has 2 aromatic heterocycles. The van der Waals surface area contributed by atoms with Crippen LogP contribution in [0, 0.1) is 0 Å². The summed E-state index contributed by atoms with van der Waals surface area (Å²) in [5.41, 5.74) is 25.7. The van der Waals surface area contributed by atoms with Gasteiger partial charge in [0, 0.05) is 99.4 Å². The van der Waals surface area contributed by atoms with E-state index >= 15 is 0 Å². The van der Waals surface area contributed by atoms with Gasteiger partial charge in [0.1, 0.15) is 11.5 Å². The van der Waals surface area contributed by atoms with Crippen LogP contribution in [0.3, 0.4) is 0 Å². The number of anilines is 15. The van der Waals surface area contributed by atoms with E-state index in [-0.39, 0.29) is 13.4 Å². The molecule has 0 unspecified atom stereocenters. The topological polar surface area (TPSA) is 25.4 Å². The monoisotopic (exact) mass is 1310 g/mol. The van der Waals surface area contributed by atoms with E-state index in [4.69, 9.17) is 4.74 Å². The first-order valence-electron chi connectivity index (χ1n) is 34.2. The predicted octanol–water partition coefficient (Wildman–Crippen LogP) is 21.5. The number of nitrogens with zero attached hydrogens (tertiary/aromatic N) is 5. The van der Waals surface area contributed by atoms with Crippen LogP contribution in [0.15, 0.2) is 346 Å². The highest BCUT2D eigenvalue weighted by molar-refractivity contribution is 7.27. The molecule has 0 saturated heterocycles. The number of rotatable bonds is 10. The van der Waals surface area contributed by atoms with Gasteiger partial charge in [-0.2, -0.15) is 0 Å². The summed E-state index contributed by atoms with van der Waals surface area (Å²) < 4.78 is 12.5. The number of thiophene rings is 2. The normalized spacial score (nSPS) is 13.0. The first-order valence-corrected chi connectivity index (χ1v) is 35.8. The van der Waals surface area contributed by atoms with E-state index in [2.05, 4.69) is 370 Å². The van der Waals surface area contributed by atoms with Crippen LogP contribution in [0.4, 0.5) is 85.3 Å². The van der Waals surface area contributed by atoms with Crippen molar-refractivity contribution in [1.29, 1.82) is 0 Å². The van der Waals surface area contributed by atoms with Gasteiger partial charge >= 0.3 is 0 Å². The molecule has 0 amide bonds. The zero-order valence-corrected chi connectivity index (χ0v) is 55.7. The summed E-state index contributed by atoms with van der Waals surface area (Å²) >= 11 is 3.72. The highest BCUT2D eigenvalue weighted by Crippen LogP contribution is 2.54. The summed E-state index contributed by atoms with van der Waals surface area (Å²) in [6.07, 6.45) is 0. The zero-order valence-electron chi connectivity index (χ0n) is 54.0. The van der Waals surface area contributed by atoms with Gasteiger partial charge in [0.05, 0.1) is 37.8 Å². The van der Waals surface area contributed by atoms with Gasteiger partial charge < -0.3 is 29.2 Å². The van der Waals surface area contributed by atoms with Crippen molar-refractivity contribution in [3.05, 3.63) is 346 Å². The van der Waals surface area contributed by atoms with Crippen LogP contribution in [0.25, 0.3) is 51.5 Å². The van der Waals surface area contributed by atoms with Crippen LogP contribution in [0.5, 0.6) is 11.5 Å². The van der Waals surface area contributed by atoms with Crippen molar-refractivity contribution >= 4 is 195 Å². The number of hydrogen-bond acceptors (Lipinski definition) is 8. The molecule has 15 aromatic carbocycles. The summed E-state index contributed by atoms with van der Waals surface area (Å²) in [6.45, 7) is -0.434. The smallest absolute Gasteiger partial charge is 0.256 e. The third kappa shape index (κ3) is 8.64. The molecule has 4 aliphatic heterocycles. The number of fused-ring (bicyclic) bond motifs is 14. The molecule has 6 nitrogen and oxygen atoms in total.